The van der Waals surface area contributed by atoms with Gasteiger partial charge in [0.1, 0.15) is 11.9 Å². The number of carbonyl (C=O) groups is 1. The highest BCUT2D eigenvalue weighted by molar-refractivity contribution is 5.93. The SMILES string of the molecule is O=C(NC[C@H]1Cc2cccc(-c3cccnc3)c2O1)C1=CCCC1. The second-order valence-electron chi connectivity index (χ2n) is 6.31. The monoisotopic (exact) mass is 320 g/mol. The molecule has 1 N–H and O–H groups in total. The summed E-state index contributed by atoms with van der Waals surface area (Å²) in [5, 5.41) is 3.02. The Morgan fingerprint density at radius 3 is 3.04 bits per heavy atom. The summed E-state index contributed by atoms with van der Waals surface area (Å²) in [5.74, 6) is 0.976. The van der Waals surface area contributed by atoms with Crippen LogP contribution in [0.4, 0.5) is 0 Å². The summed E-state index contributed by atoms with van der Waals surface area (Å²) in [4.78, 5) is 16.3. The van der Waals surface area contributed by atoms with E-state index in [4.69, 9.17) is 4.74 Å². The highest BCUT2D eigenvalue weighted by Crippen LogP contribution is 2.38. The maximum Gasteiger partial charge on any atom is 0.247 e. The fraction of sp³-hybridized carbons (Fsp3) is 0.300. The van der Waals surface area contributed by atoms with Crippen molar-refractivity contribution in [2.75, 3.05) is 6.54 Å². The normalized spacial score (nSPS) is 18.7. The van der Waals surface area contributed by atoms with Crippen LogP contribution in [0.25, 0.3) is 11.1 Å². The van der Waals surface area contributed by atoms with E-state index in [1.807, 2.05) is 24.4 Å². The molecule has 0 fully saturated rings. The molecule has 0 spiro atoms. The van der Waals surface area contributed by atoms with E-state index >= 15 is 0 Å². The molecule has 1 amide bonds. The molecule has 4 heteroatoms. The minimum absolute atomic E-state index is 0.0104. The Labute approximate surface area is 141 Å². The number of hydrogen-bond acceptors (Lipinski definition) is 3. The van der Waals surface area contributed by atoms with Crippen LogP contribution in [0.3, 0.4) is 0 Å². The molecule has 1 aliphatic heterocycles. The zero-order valence-electron chi connectivity index (χ0n) is 13.5. The summed E-state index contributed by atoms with van der Waals surface area (Å²) >= 11 is 0. The first-order valence-corrected chi connectivity index (χ1v) is 8.47. The molecular weight excluding hydrogens is 300 g/mol. The van der Waals surface area contributed by atoms with Gasteiger partial charge in [-0.2, -0.15) is 0 Å². The lowest BCUT2D eigenvalue weighted by molar-refractivity contribution is -0.117. The number of rotatable bonds is 4. The molecule has 2 heterocycles. The second-order valence-corrected chi connectivity index (χ2v) is 6.31. The van der Waals surface area contributed by atoms with Crippen molar-refractivity contribution in [3.05, 3.63) is 59.9 Å². The van der Waals surface area contributed by atoms with E-state index in [1.165, 1.54) is 5.56 Å². The highest BCUT2D eigenvalue weighted by atomic mass is 16.5. The topological polar surface area (TPSA) is 51.2 Å². The minimum Gasteiger partial charge on any atom is -0.487 e. The number of nitrogens with one attached hydrogen (secondary N) is 1. The van der Waals surface area contributed by atoms with Crippen molar-refractivity contribution in [3.63, 3.8) is 0 Å². The number of amides is 1. The van der Waals surface area contributed by atoms with Gasteiger partial charge in [-0.25, -0.2) is 0 Å². The van der Waals surface area contributed by atoms with Gasteiger partial charge in [-0.3, -0.25) is 9.78 Å². The molecular formula is C20H20N2O2. The van der Waals surface area contributed by atoms with Gasteiger partial charge in [0.25, 0.3) is 0 Å². The lowest BCUT2D eigenvalue weighted by Crippen LogP contribution is -2.35. The summed E-state index contributed by atoms with van der Waals surface area (Å²) in [6.45, 7) is 0.539. The molecule has 0 unspecified atom stereocenters. The van der Waals surface area contributed by atoms with Crippen LogP contribution in [0.2, 0.25) is 0 Å². The van der Waals surface area contributed by atoms with Gasteiger partial charge in [0.05, 0.1) is 6.54 Å². The number of aromatic nitrogens is 1. The Morgan fingerprint density at radius 2 is 2.25 bits per heavy atom. The van der Waals surface area contributed by atoms with Crippen LogP contribution in [-0.4, -0.2) is 23.5 Å². The lowest BCUT2D eigenvalue weighted by atomic mass is 10.0. The predicted molar refractivity (Wildman–Crippen MR) is 92.7 cm³/mol. The highest BCUT2D eigenvalue weighted by Gasteiger charge is 2.26. The Balaban J connectivity index is 1.45. The van der Waals surface area contributed by atoms with Gasteiger partial charge in [0.15, 0.2) is 0 Å². The maximum atomic E-state index is 12.1. The Morgan fingerprint density at radius 1 is 1.29 bits per heavy atom. The van der Waals surface area contributed by atoms with Crippen LogP contribution in [0.5, 0.6) is 5.75 Å². The van der Waals surface area contributed by atoms with Crippen molar-refractivity contribution in [2.45, 2.75) is 31.8 Å². The Kier molecular flexibility index (Phi) is 4.03. The first kappa shape index (κ1) is 14.9. The molecule has 24 heavy (non-hydrogen) atoms. The summed E-state index contributed by atoms with van der Waals surface area (Å²) in [6.07, 6.45) is 9.46. The van der Waals surface area contributed by atoms with Gasteiger partial charge in [-0.15, -0.1) is 0 Å². The first-order valence-electron chi connectivity index (χ1n) is 8.47. The van der Waals surface area contributed by atoms with Gasteiger partial charge in [0.2, 0.25) is 5.91 Å². The number of ether oxygens (including phenoxy) is 1. The third-order valence-corrected chi connectivity index (χ3v) is 4.62. The van der Waals surface area contributed by atoms with Gasteiger partial charge >= 0.3 is 0 Å². The number of pyridine rings is 1. The third kappa shape index (κ3) is 2.92. The lowest BCUT2D eigenvalue weighted by Gasteiger charge is -2.14. The van der Waals surface area contributed by atoms with Crippen LogP contribution >= 0.6 is 0 Å². The number of nitrogens with zero attached hydrogens (tertiary/aromatic N) is 1. The molecule has 122 valence electrons. The molecule has 0 saturated carbocycles. The predicted octanol–water partition coefficient (Wildman–Crippen LogP) is 3.28. The summed E-state index contributed by atoms with van der Waals surface area (Å²) in [5.41, 5.74) is 4.22. The standard InChI is InChI=1S/C20H20N2O2/c23-20(14-5-1-2-6-14)22-13-17-11-15-7-3-9-18(19(15)24-17)16-8-4-10-21-12-16/h3-5,7-10,12,17H,1-2,6,11,13H2,(H,22,23)/t17-/m1/s1. The van der Waals surface area contributed by atoms with Gasteiger partial charge in [-0.1, -0.05) is 30.3 Å². The van der Waals surface area contributed by atoms with Crippen molar-refractivity contribution >= 4 is 5.91 Å². The van der Waals surface area contributed by atoms with E-state index in [2.05, 4.69) is 28.5 Å². The zero-order valence-corrected chi connectivity index (χ0v) is 13.5. The van der Waals surface area contributed by atoms with E-state index in [0.717, 1.165) is 48.1 Å². The van der Waals surface area contributed by atoms with E-state index in [0.29, 0.717) is 6.54 Å². The number of para-hydroxylation sites is 1. The average Bonchev–Trinajstić information content (AvgIpc) is 3.29. The molecule has 1 aromatic heterocycles. The minimum atomic E-state index is -0.0104. The van der Waals surface area contributed by atoms with Gasteiger partial charge in [-0.05, 0) is 30.9 Å². The van der Waals surface area contributed by atoms with Crippen molar-refractivity contribution in [2.24, 2.45) is 0 Å². The fourth-order valence-electron chi connectivity index (χ4n) is 3.40. The molecule has 1 aromatic carbocycles. The molecule has 1 atom stereocenters. The second kappa shape index (κ2) is 6.48. The summed E-state index contributed by atoms with van der Waals surface area (Å²) in [6, 6.07) is 10.2. The smallest absolute Gasteiger partial charge is 0.247 e. The van der Waals surface area contributed by atoms with Crippen LogP contribution in [0, 0.1) is 0 Å². The quantitative estimate of drug-likeness (QED) is 0.940. The average molecular weight is 320 g/mol. The first-order chi connectivity index (χ1) is 11.8. The number of allylic oxidation sites excluding steroid dienone is 1. The molecule has 0 bridgehead atoms. The number of benzene rings is 1. The summed E-state index contributed by atoms with van der Waals surface area (Å²) < 4.78 is 6.14. The fourth-order valence-corrected chi connectivity index (χ4v) is 3.40. The molecule has 2 aromatic rings. The van der Waals surface area contributed by atoms with Crippen molar-refractivity contribution < 1.29 is 9.53 Å². The zero-order chi connectivity index (χ0) is 16.4. The van der Waals surface area contributed by atoms with E-state index in [9.17, 15) is 4.79 Å². The van der Waals surface area contributed by atoms with Crippen LogP contribution in [0.15, 0.2) is 54.4 Å². The van der Waals surface area contributed by atoms with Crippen molar-refractivity contribution in [1.82, 2.24) is 10.3 Å². The number of carbonyl (C=O) groups excluding carboxylic acids is 1. The van der Waals surface area contributed by atoms with Crippen molar-refractivity contribution in [1.29, 1.82) is 0 Å². The molecule has 1 aliphatic carbocycles. The molecule has 0 saturated heterocycles. The number of hydrogen-bond donors (Lipinski definition) is 1. The number of fused-ring (bicyclic) bond motifs is 1. The maximum absolute atomic E-state index is 12.1. The molecule has 4 nitrogen and oxygen atoms in total. The van der Waals surface area contributed by atoms with Crippen LogP contribution in [0.1, 0.15) is 24.8 Å². The van der Waals surface area contributed by atoms with E-state index in [-0.39, 0.29) is 12.0 Å². The summed E-state index contributed by atoms with van der Waals surface area (Å²) in [7, 11) is 0. The van der Waals surface area contributed by atoms with Gasteiger partial charge < -0.3 is 10.1 Å². The molecule has 4 rings (SSSR count). The molecule has 0 radical (unpaired) electrons. The third-order valence-electron chi connectivity index (χ3n) is 4.62. The Bertz CT molecular complexity index is 783. The van der Waals surface area contributed by atoms with Crippen molar-refractivity contribution in [3.8, 4) is 16.9 Å². The largest absolute Gasteiger partial charge is 0.487 e. The van der Waals surface area contributed by atoms with Crippen LogP contribution in [-0.2, 0) is 11.2 Å². The Hall–Kier alpha value is -2.62. The van der Waals surface area contributed by atoms with Gasteiger partial charge in [0, 0.05) is 35.5 Å². The molecule has 2 aliphatic rings. The van der Waals surface area contributed by atoms with Crippen LogP contribution < -0.4 is 10.1 Å². The van der Waals surface area contributed by atoms with E-state index < -0.39 is 0 Å². The van der Waals surface area contributed by atoms with E-state index in [1.54, 1.807) is 6.20 Å².